The summed E-state index contributed by atoms with van der Waals surface area (Å²) < 4.78 is 1.69. The fourth-order valence-corrected chi connectivity index (χ4v) is 2.29. The molecular weight excluding hydrogens is 288 g/mol. The van der Waals surface area contributed by atoms with Crippen LogP contribution in [0.4, 0.5) is 5.82 Å². The summed E-state index contributed by atoms with van der Waals surface area (Å²) in [4.78, 5) is 16.1. The summed E-state index contributed by atoms with van der Waals surface area (Å²) in [6, 6.07) is 11.2. The van der Waals surface area contributed by atoms with E-state index in [1.165, 1.54) is 6.20 Å². The Hall–Kier alpha value is -2.40. The smallest absolute Gasteiger partial charge is 0.247 e. The lowest BCUT2D eigenvalue weighted by Crippen LogP contribution is -2.20. The van der Waals surface area contributed by atoms with Gasteiger partial charge in [0.05, 0.1) is 16.2 Å². The van der Waals surface area contributed by atoms with Crippen molar-refractivity contribution in [3.63, 3.8) is 0 Å². The number of aryl methyl sites for hydroxylation is 1. The Bertz CT molecular complexity index is 795. The Labute approximate surface area is 126 Å². The molecule has 0 aliphatic heterocycles. The minimum absolute atomic E-state index is 0.138. The Balaban J connectivity index is 1.79. The van der Waals surface area contributed by atoms with Gasteiger partial charge in [0.15, 0.2) is 0 Å². The largest absolute Gasteiger partial charge is 0.309 e. The summed E-state index contributed by atoms with van der Waals surface area (Å²) in [5, 5.41) is 8.70. The first-order valence-electron chi connectivity index (χ1n) is 6.47. The van der Waals surface area contributed by atoms with Gasteiger partial charge in [0.25, 0.3) is 0 Å². The van der Waals surface area contributed by atoms with E-state index in [0.29, 0.717) is 10.8 Å². The highest BCUT2D eigenvalue weighted by molar-refractivity contribution is 6.30. The molecule has 0 saturated heterocycles. The third-order valence-corrected chi connectivity index (χ3v) is 3.35. The summed E-state index contributed by atoms with van der Waals surface area (Å²) in [5.41, 5.74) is 1.84. The van der Waals surface area contributed by atoms with Crippen molar-refractivity contribution in [2.24, 2.45) is 0 Å². The minimum Gasteiger partial charge on any atom is -0.309 e. The van der Waals surface area contributed by atoms with Crippen molar-refractivity contribution in [1.82, 2.24) is 14.8 Å². The second-order valence-corrected chi connectivity index (χ2v) is 5.11. The predicted molar refractivity (Wildman–Crippen MR) is 82.3 cm³/mol. The quantitative estimate of drug-likeness (QED) is 0.809. The van der Waals surface area contributed by atoms with E-state index in [-0.39, 0.29) is 12.5 Å². The number of hydrogen-bond acceptors (Lipinski definition) is 3. The molecule has 0 fully saturated rings. The van der Waals surface area contributed by atoms with Gasteiger partial charge in [0, 0.05) is 11.6 Å². The number of carbonyl (C=O) groups is 1. The van der Waals surface area contributed by atoms with Crippen LogP contribution >= 0.6 is 11.6 Å². The third-order valence-electron chi connectivity index (χ3n) is 3.13. The molecule has 0 spiro atoms. The maximum Gasteiger partial charge on any atom is 0.247 e. The van der Waals surface area contributed by atoms with E-state index in [4.69, 9.17) is 11.6 Å². The molecule has 3 aromatic rings. The van der Waals surface area contributed by atoms with Gasteiger partial charge in [-0.3, -0.25) is 9.48 Å². The normalized spacial score (nSPS) is 10.8. The number of nitrogens with one attached hydrogen (secondary N) is 1. The topological polar surface area (TPSA) is 59.8 Å². The summed E-state index contributed by atoms with van der Waals surface area (Å²) in [6.07, 6.45) is 1.49. The zero-order valence-corrected chi connectivity index (χ0v) is 12.1. The van der Waals surface area contributed by atoms with Gasteiger partial charge in [-0.25, -0.2) is 4.98 Å². The molecule has 0 unspecified atom stereocenters. The number of benzene rings is 1. The molecule has 6 heteroatoms. The molecule has 1 N–H and O–H groups in total. The third kappa shape index (κ3) is 2.87. The molecule has 0 atom stereocenters. The average molecular weight is 301 g/mol. The number of pyridine rings is 1. The van der Waals surface area contributed by atoms with Gasteiger partial charge in [-0.2, -0.15) is 5.10 Å². The maximum absolute atomic E-state index is 12.1. The number of carbonyl (C=O) groups excluding carboxylic acids is 1. The Kier molecular flexibility index (Phi) is 3.58. The van der Waals surface area contributed by atoms with Crippen LogP contribution in [0.25, 0.3) is 10.9 Å². The van der Waals surface area contributed by atoms with Crippen LogP contribution in [0.1, 0.15) is 5.69 Å². The van der Waals surface area contributed by atoms with Gasteiger partial charge in [-0.1, -0.05) is 29.8 Å². The number of para-hydroxylation sites is 1. The van der Waals surface area contributed by atoms with Gasteiger partial charge in [0.2, 0.25) is 5.91 Å². The first kappa shape index (κ1) is 13.6. The zero-order chi connectivity index (χ0) is 14.8. The molecule has 0 saturated carbocycles. The number of fused-ring (bicyclic) bond motifs is 1. The van der Waals surface area contributed by atoms with Crippen molar-refractivity contribution < 1.29 is 4.79 Å². The lowest BCUT2D eigenvalue weighted by atomic mass is 10.2. The highest BCUT2D eigenvalue weighted by atomic mass is 35.5. The summed E-state index contributed by atoms with van der Waals surface area (Å²) in [6.45, 7) is 2.07. The van der Waals surface area contributed by atoms with E-state index >= 15 is 0 Å². The SMILES string of the molecule is Cc1nn(CC(=O)Nc2ccc(Cl)cn2)c2ccccc12. The molecule has 21 heavy (non-hydrogen) atoms. The predicted octanol–water partition coefficient (Wildman–Crippen LogP) is 3.03. The second kappa shape index (κ2) is 5.54. The molecular formula is C15H13ClN4O. The second-order valence-electron chi connectivity index (χ2n) is 4.67. The van der Waals surface area contributed by atoms with E-state index in [1.807, 2.05) is 31.2 Å². The maximum atomic E-state index is 12.1. The lowest BCUT2D eigenvalue weighted by Gasteiger charge is -2.05. The Morgan fingerprint density at radius 1 is 1.29 bits per heavy atom. The molecule has 5 nitrogen and oxygen atoms in total. The fourth-order valence-electron chi connectivity index (χ4n) is 2.18. The van der Waals surface area contributed by atoms with Crippen molar-refractivity contribution in [1.29, 1.82) is 0 Å². The molecule has 1 aromatic carbocycles. The van der Waals surface area contributed by atoms with Crippen LogP contribution in [0.2, 0.25) is 5.02 Å². The summed E-state index contributed by atoms with van der Waals surface area (Å²) in [5.74, 6) is 0.288. The number of nitrogens with zero attached hydrogens (tertiary/aromatic N) is 3. The molecule has 0 bridgehead atoms. The van der Waals surface area contributed by atoms with Crippen LogP contribution in [0.3, 0.4) is 0 Å². The van der Waals surface area contributed by atoms with Crippen LogP contribution in [0.15, 0.2) is 42.6 Å². The molecule has 3 rings (SSSR count). The molecule has 106 valence electrons. The molecule has 1 amide bonds. The first-order chi connectivity index (χ1) is 10.1. The van der Waals surface area contributed by atoms with E-state index in [1.54, 1.807) is 16.8 Å². The van der Waals surface area contributed by atoms with Crippen LogP contribution in [0.5, 0.6) is 0 Å². The minimum atomic E-state index is -0.182. The van der Waals surface area contributed by atoms with Crippen molar-refractivity contribution in [3.05, 3.63) is 53.3 Å². The van der Waals surface area contributed by atoms with Gasteiger partial charge in [-0.05, 0) is 25.1 Å². The summed E-state index contributed by atoms with van der Waals surface area (Å²) >= 11 is 5.76. The number of rotatable bonds is 3. The van der Waals surface area contributed by atoms with Crippen LogP contribution in [-0.4, -0.2) is 20.7 Å². The van der Waals surface area contributed by atoms with Crippen molar-refractivity contribution in [2.45, 2.75) is 13.5 Å². The van der Waals surface area contributed by atoms with Crippen LogP contribution < -0.4 is 5.32 Å². The number of aromatic nitrogens is 3. The van der Waals surface area contributed by atoms with Crippen LogP contribution in [0, 0.1) is 6.92 Å². The first-order valence-corrected chi connectivity index (χ1v) is 6.85. The number of anilines is 1. The fraction of sp³-hybridized carbons (Fsp3) is 0.133. The van der Waals surface area contributed by atoms with E-state index in [2.05, 4.69) is 15.4 Å². The highest BCUT2D eigenvalue weighted by Gasteiger charge is 2.10. The Morgan fingerprint density at radius 3 is 2.86 bits per heavy atom. The van der Waals surface area contributed by atoms with Gasteiger partial charge in [-0.15, -0.1) is 0 Å². The molecule has 0 aliphatic carbocycles. The molecule has 0 aliphatic rings. The molecule has 0 radical (unpaired) electrons. The monoisotopic (exact) mass is 300 g/mol. The van der Waals surface area contributed by atoms with Gasteiger partial charge >= 0.3 is 0 Å². The zero-order valence-electron chi connectivity index (χ0n) is 11.4. The van der Waals surface area contributed by atoms with Crippen molar-refractivity contribution >= 4 is 34.2 Å². The average Bonchev–Trinajstić information content (AvgIpc) is 2.78. The van der Waals surface area contributed by atoms with E-state index in [0.717, 1.165) is 16.6 Å². The Morgan fingerprint density at radius 2 is 2.10 bits per heavy atom. The van der Waals surface area contributed by atoms with E-state index in [9.17, 15) is 4.79 Å². The molecule has 2 aromatic heterocycles. The standard InChI is InChI=1S/C15H13ClN4O/c1-10-12-4-2-3-5-13(12)20(19-10)9-15(21)18-14-7-6-11(16)8-17-14/h2-8H,9H2,1H3,(H,17,18,21). The van der Waals surface area contributed by atoms with Crippen molar-refractivity contribution in [2.75, 3.05) is 5.32 Å². The van der Waals surface area contributed by atoms with Gasteiger partial charge in [0.1, 0.15) is 12.4 Å². The summed E-state index contributed by atoms with van der Waals surface area (Å²) in [7, 11) is 0. The van der Waals surface area contributed by atoms with Gasteiger partial charge < -0.3 is 5.32 Å². The number of halogens is 1. The number of amides is 1. The van der Waals surface area contributed by atoms with Crippen LogP contribution in [-0.2, 0) is 11.3 Å². The highest BCUT2D eigenvalue weighted by Crippen LogP contribution is 2.17. The van der Waals surface area contributed by atoms with Crippen molar-refractivity contribution in [3.8, 4) is 0 Å². The number of hydrogen-bond donors (Lipinski definition) is 1. The van der Waals surface area contributed by atoms with E-state index < -0.39 is 0 Å². The molecule has 2 heterocycles. The lowest BCUT2D eigenvalue weighted by molar-refractivity contribution is -0.116.